The van der Waals surface area contributed by atoms with Gasteiger partial charge in [-0.05, 0) is 35.6 Å². The molecule has 0 heterocycles. The van der Waals surface area contributed by atoms with Gasteiger partial charge >= 0.3 is 5.51 Å². The van der Waals surface area contributed by atoms with Crippen LogP contribution in [0.25, 0.3) is 0 Å². The van der Waals surface area contributed by atoms with E-state index in [1.807, 2.05) is 0 Å². The molecule has 12 heavy (non-hydrogen) atoms. The van der Waals surface area contributed by atoms with E-state index in [2.05, 4.69) is 0 Å². The summed E-state index contributed by atoms with van der Waals surface area (Å²) < 4.78 is 35.4. The van der Waals surface area contributed by atoms with Crippen molar-refractivity contribution in [3.05, 3.63) is 22.8 Å². The molecule has 0 saturated heterocycles. The van der Waals surface area contributed by atoms with Gasteiger partial charge in [0.2, 0.25) is 0 Å². The normalized spacial score (nSPS) is 18.6. The summed E-state index contributed by atoms with van der Waals surface area (Å²) in [6, 6.07) is 0. The number of halogens is 3. The van der Waals surface area contributed by atoms with Crippen LogP contribution >= 0.6 is 11.8 Å². The smallest absolute Gasteiger partial charge is 0.402 e. The molecule has 0 amide bonds. The molecule has 1 aliphatic rings. The second-order valence-electron chi connectivity index (χ2n) is 2.42. The van der Waals surface area contributed by atoms with Crippen molar-refractivity contribution in [2.75, 3.05) is 0 Å². The Kier molecular flexibility index (Phi) is 2.72. The lowest BCUT2D eigenvalue weighted by Crippen LogP contribution is -2.05. The molecule has 5 heteroatoms. The maximum atomic E-state index is 11.8. The van der Waals surface area contributed by atoms with E-state index < -0.39 is 5.51 Å². The van der Waals surface area contributed by atoms with Gasteiger partial charge in [0.1, 0.15) is 0 Å². The van der Waals surface area contributed by atoms with Crippen LogP contribution in [-0.2, 0) is 0 Å². The monoisotopic (exact) mass is 195 g/mol. The van der Waals surface area contributed by atoms with Crippen molar-refractivity contribution in [1.29, 1.82) is 0 Å². The third-order valence-electron chi connectivity index (χ3n) is 1.39. The number of thioether (sulfide) groups is 1. The molecular formula is C7H8F3NS. The van der Waals surface area contributed by atoms with Gasteiger partial charge in [-0.2, -0.15) is 13.2 Å². The van der Waals surface area contributed by atoms with Gasteiger partial charge in [-0.25, -0.2) is 0 Å². The summed E-state index contributed by atoms with van der Waals surface area (Å²) in [5, 5.41) is 0. The predicted molar refractivity (Wildman–Crippen MR) is 43.2 cm³/mol. The molecule has 0 unspecified atom stereocenters. The van der Waals surface area contributed by atoms with E-state index >= 15 is 0 Å². The Labute approximate surface area is 72.5 Å². The maximum absolute atomic E-state index is 11.8. The van der Waals surface area contributed by atoms with Gasteiger partial charge in [-0.1, -0.05) is 6.08 Å². The molecule has 0 aromatic heterocycles. The second kappa shape index (κ2) is 3.43. The van der Waals surface area contributed by atoms with Gasteiger partial charge in [0.05, 0.1) is 0 Å². The lowest BCUT2D eigenvalue weighted by molar-refractivity contribution is -0.0322. The van der Waals surface area contributed by atoms with E-state index in [-0.39, 0.29) is 11.8 Å². The zero-order chi connectivity index (χ0) is 9.19. The average Bonchev–Trinajstić information content (AvgIpc) is 1.91. The van der Waals surface area contributed by atoms with Gasteiger partial charge in [0.25, 0.3) is 0 Å². The highest BCUT2D eigenvalue weighted by Crippen LogP contribution is 2.39. The lowest BCUT2D eigenvalue weighted by atomic mass is 10.1. The zero-order valence-corrected chi connectivity index (χ0v) is 7.00. The molecule has 68 valence electrons. The lowest BCUT2D eigenvalue weighted by Gasteiger charge is -2.12. The highest BCUT2D eigenvalue weighted by Gasteiger charge is 2.30. The summed E-state index contributed by atoms with van der Waals surface area (Å²) >= 11 is -0.0593. The Morgan fingerprint density at radius 3 is 2.33 bits per heavy atom. The van der Waals surface area contributed by atoms with Crippen molar-refractivity contribution in [1.82, 2.24) is 0 Å². The molecular weight excluding hydrogens is 187 g/mol. The van der Waals surface area contributed by atoms with Crippen LogP contribution in [-0.4, -0.2) is 5.51 Å². The minimum Gasteiger partial charge on any atom is -0.402 e. The first-order valence-electron chi connectivity index (χ1n) is 3.38. The Bertz CT molecular complexity index is 229. The van der Waals surface area contributed by atoms with Crippen LogP contribution in [0.4, 0.5) is 13.2 Å². The fourth-order valence-corrected chi connectivity index (χ4v) is 1.51. The van der Waals surface area contributed by atoms with Crippen molar-refractivity contribution in [2.45, 2.75) is 18.3 Å². The van der Waals surface area contributed by atoms with Crippen LogP contribution in [0.3, 0.4) is 0 Å². The van der Waals surface area contributed by atoms with E-state index in [1.54, 1.807) is 0 Å². The molecule has 1 rings (SSSR count). The number of alkyl halides is 3. The first-order valence-corrected chi connectivity index (χ1v) is 4.20. The van der Waals surface area contributed by atoms with Crippen LogP contribution in [0.15, 0.2) is 22.8 Å². The molecule has 0 spiro atoms. The molecule has 0 atom stereocenters. The number of nitrogens with two attached hydrogens (primary N) is 1. The molecule has 0 radical (unpaired) electrons. The van der Waals surface area contributed by atoms with Crippen LogP contribution < -0.4 is 5.73 Å². The fourth-order valence-electron chi connectivity index (χ4n) is 0.868. The highest BCUT2D eigenvalue weighted by molar-refractivity contribution is 8.03. The van der Waals surface area contributed by atoms with Crippen LogP contribution in [0.5, 0.6) is 0 Å². The Morgan fingerprint density at radius 2 is 1.92 bits per heavy atom. The van der Waals surface area contributed by atoms with Crippen molar-refractivity contribution in [3.8, 4) is 0 Å². The maximum Gasteiger partial charge on any atom is 0.446 e. The Balaban J connectivity index is 2.55. The number of rotatable bonds is 1. The van der Waals surface area contributed by atoms with Gasteiger partial charge in [0, 0.05) is 5.70 Å². The van der Waals surface area contributed by atoms with Gasteiger partial charge < -0.3 is 5.73 Å². The molecule has 2 N–H and O–H groups in total. The highest BCUT2D eigenvalue weighted by atomic mass is 32.2. The first kappa shape index (κ1) is 9.51. The first-order chi connectivity index (χ1) is 5.47. The SMILES string of the molecule is NC1=CC=C(SC(F)(F)F)CC1. The van der Waals surface area contributed by atoms with E-state index in [9.17, 15) is 13.2 Å². The minimum atomic E-state index is -4.17. The second-order valence-corrected chi connectivity index (χ2v) is 3.61. The van der Waals surface area contributed by atoms with Crippen molar-refractivity contribution in [2.24, 2.45) is 5.73 Å². The molecule has 0 aromatic carbocycles. The Morgan fingerprint density at radius 1 is 1.25 bits per heavy atom. The van der Waals surface area contributed by atoms with Crippen LogP contribution in [0, 0.1) is 0 Å². The summed E-state index contributed by atoms with van der Waals surface area (Å²) in [5.74, 6) is 0. The van der Waals surface area contributed by atoms with Gasteiger partial charge in [-0.3, -0.25) is 0 Å². The molecule has 0 bridgehead atoms. The fraction of sp³-hybridized carbons (Fsp3) is 0.429. The summed E-state index contributed by atoms with van der Waals surface area (Å²) in [5.41, 5.74) is 1.85. The number of hydrogen-bond acceptors (Lipinski definition) is 2. The summed E-state index contributed by atoms with van der Waals surface area (Å²) in [6.45, 7) is 0. The third-order valence-corrected chi connectivity index (χ3v) is 2.22. The van der Waals surface area contributed by atoms with Crippen molar-refractivity contribution in [3.63, 3.8) is 0 Å². The van der Waals surface area contributed by atoms with Crippen molar-refractivity contribution >= 4 is 11.8 Å². The quantitative estimate of drug-likeness (QED) is 0.696. The van der Waals surface area contributed by atoms with Crippen molar-refractivity contribution < 1.29 is 13.2 Å². The molecule has 1 nitrogen and oxygen atoms in total. The molecule has 0 aliphatic heterocycles. The Hall–Kier alpha value is -0.580. The predicted octanol–water partition coefficient (Wildman–Crippen LogP) is 2.76. The average molecular weight is 195 g/mol. The molecule has 1 aliphatic carbocycles. The largest absolute Gasteiger partial charge is 0.446 e. The third kappa shape index (κ3) is 3.21. The van der Waals surface area contributed by atoms with E-state index in [1.165, 1.54) is 12.2 Å². The summed E-state index contributed by atoms with van der Waals surface area (Å²) in [4.78, 5) is 0.330. The topological polar surface area (TPSA) is 26.0 Å². The van der Waals surface area contributed by atoms with Gasteiger partial charge in [0.15, 0.2) is 0 Å². The summed E-state index contributed by atoms with van der Waals surface area (Å²) in [6.07, 6.45) is 3.87. The van der Waals surface area contributed by atoms with Crippen LogP contribution in [0.2, 0.25) is 0 Å². The number of hydrogen-bond donors (Lipinski definition) is 1. The minimum absolute atomic E-state index is 0.0593. The summed E-state index contributed by atoms with van der Waals surface area (Å²) in [7, 11) is 0. The van der Waals surface area contributed by atoms with Crippen LogP contribution in [0.1, 0.15) is 12.8 Å². The van der Waals surface area contributed by atoms with E-state index in [0.717, 1.165) is 0 Å². The molecule has 0 aromatic rings. The van der Waals surface area contributed by atoms with Gasteiger partial charge in [-0.15, -0.1) is 0 Å². The molecule has 0 fully saturated rings. The zero-order valence-electron chi connectivity index (χ0n) is 6.19. The molecule has 0 saturated carbocycles. The van der Waals surface area contributed by atoms with E-state index in [0.29, 0.717) is 23.4 Å². The standard InChI is InChI=1S/C7H8F3NS/c8-7(9,10)12-6-3-1-5(11)2-4-6/h1,3H,2,4,11H2. The van der Waals surface area contributed by atoms with E-state index in [4.69, 9.17) is 5.73 Å². The number of allylic oxidation sites excluding steroid dienone is 4.